The zero-order chi connectivity index (χ0) is 11.5. The first kappa shape index (κ1) is 13.0. The molecule has 0 saturated carbocycles. The smallest absolute Gasteiger partial charge is 0.0469 e. The number of hydrogen-bond donors (Lipinski definition) is 1. The predicted octanol–water partition coefficient (Wildman–Crippen LogP) is 2.83. The molecular weight excluding hydrogens is 186 g/mol. The molecule has 0 aromatic heterocycles. The second-order valence-corrected chi connectivity index (χ2v) is 5.99. The lowest BCUT2D eigenvalue weighted by molar-refractivity contribution is 0.0522. The van der Waals surface area contributed by atoms with Crippen LogP contribution in [0, 0.1) is 11.3 Å². The SMILES string of the molecule is CC(NC(C)C(C)(C)C)C1CCOCC1. The van der Waals surface area contributed by atoms with Crippen molar-refractivity contribution in [3.8, 4) is 0 Å². The molecule has 1 heterocycles. The first-order valence-electron chi connectivity index (χ1n) is 6.25. The summed E-state index contributed by atoms with van der Waals surface area (Å²) in [6, 6.07) is 1.18. The molecule has 0 radical (unpaired) electrons. The molecule has 0 amide bonds. The van der Waals surface area contributed by atoms with Crippen molar-refractivity contribution in [2.45, 2.75) is 59.5 Å². The van der Waals surface area contributed by atoms with E-state index in [1.807, 2.05) is 0 Å². The molecule has 1 fully saturated rings. The largest absolute Gasteiger partial charge is 0.381 e. The van der Waals surface area contributed by atoms with Crippen LogP contribution >= 0.6 is 0 Å². The van der Waals surface area contributed by atoms with Crippen molar-refractivity contribution < 1.29 is 4.74 Å². The zero-order valence-electron chi connectivity index (χ0n) is 11.0. The fourth-order valence-electron chi connectivity index (χ4n) is 2.00. The minimum absolute atomic E-state index is 0.347. The van der Waals surface area contributed by atoms with Crippen molar-refractivity contribution in [3.05, 3.63) is 0 Å². The van der Waals surface area contributed by atoms with Crippen LogP contribution in [0.2, 0.25) is 0 Å². The maximum atomic E-state index is 5.39. The quantitative estimate of drug-likeness (QED) is 0.778. The van der Waals surface area contributed by atoms with Gasteiger partial charge in [0.15, 0.2) is 0 Å². The third-order valence-electron chi connectivity index (χ3n) is 3.78. The lowest BCUT2D eigenvalue weighted by atomic mass is 9.85. The van der Waals surface area contributed by atoms with Crippen LogP contribution in [0.15, 0.2) is 0 Å². The molecule has 1 saturated heterocycles. The van der Waals surface area contributed by atoms with Crippen molar-refractivity contribution in [2.75, 3.05) is 13.2 Å². The Kier molecular flexibility index (Phi) is 4.60. The molecule has 1 aliphatic rings. The van der Waals surface area contributed by atoms with E-state index >= 15 is 0 Å². The Labute approximate surface area is 94.8 Å². The predicted molar refractivity (Wildman–Crippen MR) is 65.1 cm³/mol. The monoisotopic (exact) mass is 213 g/mol. The molecule has 1 N–H and O–H groups in total. The van der Waals surface area contributed by atoms with Gasteiger partial charge in [0.2, 0.25) is 0 Å². The van der Waals surface area contributed by atoms with Crippen molar-refractivity contribution in [2.24, 2.45) is 11.3 Å². The second kappa shape index (κ2) is 5.31. The Bertz CT molecular complexity index is 179. The standard InChI is InChI=1S/C13H27NO/c1-10(12-6-8-15-9-7-12)14-11(2)13(3,4)5/h10-12,14H,6-9H2,1-5H3. The van der Waals surface area contributed by atoms with Gasteiger partial charge < -0.3 is 10.1 Å². The molecule has 2 unspecified atom stereocenters. The summed E-state index contributed by atoms with van der Waals surface area (Å²) in [5.41, 5.74) is 0.347. The molecule has 0 aliphatic carbocycles. The van der Waals surface area contributed by atoms with Crippen molar-refractivity contribution >= 4 is 0 Å². The van der Waals surface area contributed by atoms with Crippen LogP contribution in [0.25, 0.3) is 0 Å². The minimum atomic E-state index is 0.347. The Morgan fingerprint density at radius 2 is 1.67 bits per heavy atom. The van der Waals surface area contributed by atoms with E-state index < -0.39 is 0 Å². The number of rotatable bonds is 3. The first-order valence-corrected chi connectivity index (χ1v) is 6.25. The molecule has 2 nitrogen and oxygen atoms in total. The van der Waals surface area contributed by atoms with E-state index in [-0.39, 0.29) is 0 Å². The van der Waals surface area contributed by atoms with Gasteiger partial charge in [-0.1, -0.05) is 20.8 Å². The van der Waals surface area contributed by atoms with E-state index in [0.717, 1.165) is 19.1 Å². The molecule has 2 atom stereocenters. The van der Waals surface area contributed by atoms with Gasteiger partial charge in [0.25, 0.3) is 0 Å². The number of nitrogens with one attached hydrogen (secondary N) is 1. The van der Waals surface area contributed by atoms with Crippen molar-refractivity contribution in [1.29, 1.82) is 0 Å². The van der Waals surface area contributed by atoms with Gasteiger partial charge in [-0.25, -0.2) is 0 Å². The minimum Gasteiger partial charge on any atom is -0.381 e. The lowest BCUT2D eigenvalue weighted by Gasteiger charge is -2.35. The summed E-state index contributed by atoms with van der Waals surface area (Å²) in [5, 5.41) is 3.73. The maximum absolute atomic E-state index is 5.39. The Balaban J connectivity index is 2.36. The van der Waals surface area contributed by atoms with Gasteiger partial charge in [-0.15, -0.1) is 0 Å². The molecule has 1 aliphatic heterocycles. The number of ether oxygens (including phenoxy) is 1. The fourth-order valence-corrected chi connectivity index (χ4v) is 2.00. The van der Waals surface area contributed by atoms with Crippen LogP contribution in [0.5, 0.6) is 0 Å². The molecule has 90 valence electrons. The van der Waals surface area contributed by atoms with E-state index in [9.17, 15) is 0 Å². The Hall–Kier alpha value is -0.0800. The van der Waals surface area contributed by atoms with Gasteiger partial charge in [0, 0.05) is 25.3 Å². The summed E-state index contributed by atoms with van der Waals surface area (Å²) in [5.74, 6) is 0.795. The Morgan fingerprint density at radius 3 is 2.13 bits per heavy atom. The van der Waals surface area contributed by atoms with Gasteiger partial charge in [0.1, 0.15) is 0 Å². The summed E-state index contributed by atoms with van der Waals surface area (Å²) < 4.78 is 5.39. The third-order valence-corrected chi connectivity index (χ3v) is 3.78. The van der Waals surface area contributed by atoms with Crippen LogP contribution in [0.3, 0.4) is 0 Å². The normalized spacial score (nSPS) is 23.8. The maximum Gasteiger partial charge on any atom is 0.0469 e. The first-order chi connectivity index (χ1) is 6.91. The molecule has 0 bridgehead atoms. The van der Waals surface area contributed by atoms with E-state index in [4.69, 9.17) is 4.74 Å². The van der Waals surface area contributed by atoms with Crippen LogP contribution in [0.1, 0.15) is 47.5 Å². The highest BCUT2D eigenvalue weighted by molar-refractivity contribution is 4.82. The molecule has 0 aromatic rings. The van der Waals surface area contributed by atoms with Crippen molar-refractivity contribution in [3.63, 3.8) is 0 Å². The third kappa shape index (κ3) is 4.12. The highest BCUT2D eigenvalue weighted by Crippen LogP contribution is 2.23. The average Bonchev–Trinajstić information content (AvgIpc) is 2.17. The Morgan fingerprint density at radius 1 is 1.13 bits per heavy atom. The van der Waals surface area contributed by atoms with Crippen LogP contribution in [-0.4, -0.2) is 25.3 Å². The van der Waals surface area contributed by atoms with Crippen LogP contribution < -0.4 is 5.32 Å². The molecule has 2 heteroatoms. The molecule has 0 spiro atoms. The van der Waals surface area contributed by atoms with E-state index in [1.165, 1.54) is 12.8 Å². The fraction of sp³-hybridized carbons (Fsp3) is 1.00. The average molecular weight is 213 g/mol. The van der Waals surface area contributed by atoms with E-state index in [2.05, 4.69) is 39.9 Å². The molecule has 0 aromatic carbocycles. The van der Waals surface area contributed by atoms with Gasteiger partial charge >= 0.3 is 0 Å². The van der Waals surface area contributed by atoms with E-state index in [1.54, 1.807) is 0 Å². The van der Waals surface area contributed by atoms with Crippen molar-refractivity contribution in [1.82, 2.24) is 5.32 Å². The van der Waals surface area contributed by atoms with Gasteiger partial charge in [-0.2, -0.15) is 0 Å². The highest BCUT2D eigenvalue weighted by Gasteiger charge is 2.26. The summed E-state index contributed by atoms with van der Waals surface area (Å²) in [6.07, 6.45) is 2.43. The summed E-state index contributed by atoms with van der Waals surface area (Å²) in [4.78, 5) is 0. The van der Waals surface area contributed by atoms with Gasteiger partial charge in [0.05, 0.1) is 0 Å². The topological polar surface area (TPSA) is 21.3 Å². The highest BCUT2D eigenvalue weighted by atomic mass is 16.5. The summed E-state index contributed by atoms with van der Waals surface area (Å²) >= 11 is 0. The molecule has 1 rings (SSSR count). The summed E-state index contributed by atoms with van der Waals surface area (Å²) in [6.45, 7) is 13.4. The summed E-state index contributed by atoms with van der Waals surface area (Å²) in [7, 11) is 0. The number of hydrogen-bond acceptors (Lipinski definition) is 2. The van der Waals surface area contributed by atoms with Gasteiger partial charge in [-0.05, 0) is 38.0 Å². The van der Waals surface area contributed by atoms with E-state index in [0.29, 0.717) is 17.5 Å². The van der Waals surface area contributed by atoms with Crippen LogP contribution in [0.4, 0.5) is 0 Å². The lowest BCUT2D eigenvalue weighted by Crippen LogP contribution is -2.46. The van der Waals surface area contributed by atoms with Crippen LogP contribution in [-0.2, 0) is 4.74 Å². The molecule has 15 heavy (non-hydrogen) atoms. The van der Waals surface area contributed by atoms with Gasteiger partial charge in [-0.3, -0.25) is 0 Å². The molecular formula is C13H27NO. The zero-order valence-corrected chi connectivity index (χ0v) is 11.0. The second-order valence-electron chi connectivity index (χ2n) is 5.99.